The summed E-state index contributed by atoms with van der Waals surface area (Å²) in [7, 11) is 0. The first-order chi connectivity index (χ1) is 16.4. The van der Waals surface area contributed by atoms with Gasteiger partial charge in [0, 0.05) is 24.5 Å². The average Bonchev–Trinajstić information content (AvgIpc) is 3.23. The van der Waals surface area contributed by atoms with Gasteiger partial charge in [0.25, 0.3) is 0 Å². The van der Waals surface area contributed by atoms with Gasteiger partial charge in [0.05, 0.1) is 12.2 Å². The van der Waals surface area contributed by atoms with E-state index in [1.54, 1.807) is 36.1 Å². The minimum absolute atomic E-state index is 0.00652. The highest BCUT2D eigenvalue weighted by Crippen LogP contribution is 2.32. The highest BCUT2D eigenvalue weighted by Gasteiger charge is 2.32. The standard InChI is InChI=1S/C22H22ClF3N6O2S/c1-4-31(21(33)34)20(35)30-18-8-14(7-17(23)29-18)15-10-28-32(11-15)19(12(2)3)13-5-6-16(27-9-13)22(24,25)26/h5-12,19H,4H2,1-3H3,(H,33,34)(H,29,30,35). The fourth-order valence-electron chi connectivity index (χ4n) is 3.50. The quantitative estimate of drug-likeness (QED) is 0.302. The summed E-state index contributed by atoms with van der Waals surface area (Å²) in [4.78, 5) is 20.0. The molecule has 35 heavy (non-hydrogen) atoms. The fraction of sp³-hybridized carbons (Fsp3) is 0.318. The van der Waals surface area contributed by atoms with E-state index in [2.05, 4.69) is 20.4 Å². The Labute approximate surface area is 209 Å². The fourth-order valence-corrected chi connectivity index (χ4v) is 4.02. The van der Waals surface area contributed by atoms with Crippen LogP contribution in [0.25, 0.3) is 11.1 Å². The van der Waals surface area contributed by atoms with E-state index in [1.165, 1.54) is 12.3 Å². The molecule has 0 saturated carbocycles. The van der Waals surface area contributed by atoms with Crippen molar-refractivity contribution in [1.29, 1.82) is 0 Å². The summed E-state index contributed by atoms with van der Waals surface area (Å²) in [5, 5.41) is 16.5. The van der Waals surface area contributed by atoms with Gasteiger partial charge in [-0.3, -0.25) is 14.6 Å². The van der Waals surface area contributed by atoms with E-state index in [9.17, 15) is 23.1 Å². The number of pyridine rings is 2. The van der Waals surface area contributed by atoms with Gasteiger partial charge in [-0.1, -0.05) is 31.5 Å². The maximum Gasteiger partial charge on any atom is 0.433 e. The number of nitrogens with one attached hydrogen (secondary N) is 1. The summed E-state index contributed by atoms with van der Waals surface area (Å²) in [5.41, 5.74) is 0.919. The molecule has 0 saturated heterocycles. The lowest BCUT2D eigenvalue weighted by Gasteiger charge is -2.22. The van der Waals surface area contributed by atoms with Crippen LogP contribution in [-0.2, 0) is 6.18 Å². The molecule has 0 bridgehead atoms. The van der Waals surface area contributed by atoms with Crippen LogP contribution in [0.1, 0.15) is 38.1 Å². The number of halogens is 4. The van der Waals surface area contributed by atoms with Gasteiger partial charge in [0.1, 0.15) is 16.7 Å². The Hall–Kier alpha value is -3.25. The average molecular weight is 527 g/mol. The molecule has 3 aromatic rings. The Morgan fingerprint density at radius 1 is 1.26 bits per heavy atom. The van der Waals surface area contributed by atoms with E-state index in [1.807, 2.05) is 13.8 Å². The zero-order valence-corrected chi connectivity index (χ0v) is 20.5. The van der Waals surface area contributed by atoms with Crippen molar-refractivity contribution >= 4 is 40.8 Å². The van der Waals surface area contributed by atoms with Gasteiger partial charge in [-0.2, -0.15) is 18.3 Å². The lowest BCUT2D eigenvalue weighted by Crippen LogP contribution is -2.38. The third-order valence-electron chi connectivity index (χ3n) is 5.09. The smallest absolute Gasteiger partial charge is 0.433 e. The highest BCUT2D eigenvalue weighted by atomic mass is 35.5. The summed E-state index contributed by atoms with van der Waals surface area (Å²) >= 11 is 11.3. The van der Waals surface area contributed by atoms with Crippen LogP contribution in [0.15, 0.2) is 42.9 Å². The number of alkyl halides is 3. The van der Waals surface area contributed by atoms with Gasteiger partial charge in [-0.05, 0) is 54.4 Å². The third kappa shape index (κ3) is 6.25. The number of aromatic nitrogens is 4. The van der Waals surface area contributed by atoms with Crippen molar-refractivity contribution in [2.24, 2.45) is 5.92 Å². The molecular weight excluding hydrogens is 505 g/mol. The number of thiocarbonyl (C=S) groups is 1. The van der Waals surface area contributed by atoms with Crippen LogP contribution < -0.4 is 5.32 Å². The van der Waals surface area contributed by atoms with E-state index in [-0.39, 0.29) is 34.6 Å². The number of carbonyl (C=O) groups is 1. The normalized spacial score (nSPS) is 12.5. The van der Waals surface area contributed by atoms with Gasteiger partial charge in [0.2, 0.25) is 0 Å². The zero-order valence-electron chi connectivity index (χ0n) is 18.9. The van der Waals surface area contributed by atoms with Crippen molar-refractivity contribution < 1.29 is 23.1 Å². The topological polar surface area (TPSA) is 96.2 Å². The van der Waals surface area contributed by atoms with Crippen LogP contribution in [0.5, 0.6) is 0 Å². The Morgan fingerprint density at radius 3 is 2.51 bits per heavy atom. The molecule has 1 atom stereocenters. The summed E-state index contributed by atoms with van der Waals surface area (Å²) < 4.78 is 40.4. The number of amides is 1. The second-order valence-corrected chi connectivity index (χ2v) is 8.67. The summed E-state index contributed by atoms with van der Waals surface area (Å²) in [6.07, 6.45) is -1.17. The number of carboxylic acid groups (broad SMARTS) is 1. The minimum Gasteiger partial charge on any atom is -0.465 e. The maximum absolute atomic E-state index is 12.9. The molecule has 0 radical (unpaired) electrons. The minimum atomic E-state index is -4.52. The lowest BCUT2D eigenvalue weighted by atomic mass is 9.97. The molecule has 8 nitrogen and oxygen atoms in total. The van der Waals surface area contributed by atoms with Gasteiger partial charge in [0.15, 0.2) is 5.11 Å². The van der Waals surface area contributed by atoms with E-state index in [0.717, 1.165) is 11.0 Å². The molecule has 13 heteroatoms. The van der Waals surface area contributed by atoms with Crippen LogP contribution in [0, 0.1) is 5.92 Å². The number of nitrogens with zero attached hydrogens (tertiary/aromatic N) is 5. The Bertz CT molecular complexity index is 1220. The van der Waals surface area contributed by atoms with Crippen LogP contribution in [-0.4, -0.2) is 47.5 Å². The van der Waals surface area contributed by atoms with Gasteiger partial charge < -0.3 is 10.4 Å². The Balaban J connectivity index is 1.90. The summed E-state index contributed by atoms with van der Waals surface area (Å²) in [6, 6.07) is 5.23. The number of anilines is 1. The highest BCUT2D eigenvalue weighted by molar-refractivity contribution is 7.80. The third-order valence-corrected chi connectivity index (χ3v) is 5.61. The monoisotopic (exact) mass is 526 g/mol. The van der Waals surface area contributed by atoms with Crippen LogP contribution in [0.3, 0.4) is 0 Å². The predicted molar refractivity (Wildman–Crippen MR) is 129 cm³/mol. The van der Waals surface area contributed by atoms with E-state index < -0.39 is 18.0 Å². The van der Waals surface area contributed by atoms with Crippen LogP contribution in [0.2, 0.25) is 5.15 Å². The van der Waals surface area contributed by atoms with Crippen molar-refractivity contribution in [2.75, 3.05) is 11.9 Å². The molecule has 2 N–H and O–H groups in total. The molecular formula is C22H22ClF3N6O2S. The lowest BCUT2D eigenvalue weighted by molar-refractivity contribution is -0.141. The Kier molecular flexibility index (Phi) is 7.96. The van der Waals surface area contributed by atoms with Crippen LogP contribution in [0.4, 0.5) is 23.8 Å². The molecule has 0 spiro atoms. The second-order valence-electron chi connectivity index (χ2n) is 7.89. The summed E-state index contributed by atoms with van der Waals surface area (Å²) in [5.74, 6) is 0.241. The molecule has 3 aromatic heterocycles. The molecule has 186 valence electrons. The van der Waals surface area contributed by atoms with Crippen molar-refractivity contribution in [1.82, 2.24) is 24.6 Å². The molecule has 0 aliphatic carbocycles. The van der Waals surface area contributed by atoms with E-state index in [0.29, 0.717) is 16.7 Å². The molecule has 1 amide bonds. The van der Waals surface area contributed by atoms with Crippen molar-refractivity contribution in [3.63, 3.8) is 0 Å². The van der Waals surface area contributed by atoms with Crippen molar-refractivity contribution in [3.05, 3.63) is 59.3 Å². The second kappa shape index (κ2) is 10.6. The largest absolute Gasteiger partial charge is 0.465 e. The zero-order chi connectivity index (χ0) is 25.9. The van der Waals surface area contributed by atoms with Crippen molar-refractivity contribution in [3.8, 4) is 11.1 Å². The SMILES string of the molecule is CCN(C(=O)O)C(=S)Nc1cc(-c2cnn(C(c3ccc(C(F)(F)F)nc3)C(C)C)c2)cc(Cl)n1. The Morgan fingerprint density at radius 2 is 1.97 bits per heavy atom. The number of rotatable bonds is 6. The predicted octanol–water partition coefficient (Wildman–Crippen LogP) is 5.95. The molecule has 1 unspecified atom stereocenters. The van der Waals surface area contributed by atoms with Crippen LogP contribution >= 0.6 is 23.8 Å². The van der Waals surface area contributed by atoms with Gasteiger partial charge in [-0.15, -0.1) is 0 Å². The molecule has 0 aliphatic heterocycles. The molecule has 0 aromatic carbocycles. The van der Waals surface area contributed by atoms with Gasteiger partial charge >= 0.3 is 12.3 Å². The molecule has 3 rings (SSSR count). The molecule has 3 heterocycles. The molecule has 0 aliphatic rings. The number of hydrogen-bond acceptors (Lipinski definition) is 5. The van der Waals surface area contributed by atoms with E-state index in [4.69, 9.17) is 23.8 Å². The van der Waals surface area contributed by atoms with Crippen molar-refractivity contribution in [2.45, 2.75) is 33.0 Å². The molecule has 0 fully saturated rings. The first-order valence-electron chi connectivity index (χ1n) is 10.5. The number of hydrogen-bond donors (Lipinski definition) is 2. The maximum atomic E-state index is 12.9. The van der Waals surface area contributed by atoms with Gasteiger partial charge in [-0.25, -0.2) is 9.78 Å². The first kappa shape index (κ1) is 26.4. The first-order valence-corrected chi connectivity index (χ1v) is 11.3. The summed E-state index contributed by atoms with van der Waals surface area (Å²) in [6.45, 7) is 5.65. The van der Waals surface area contributed by atoms with E-state index >= 15 is 0 Å².